The van der Waals surface area contributed by atoms with Crippen LogP contribution in [0.4, 0.5) is 16.3 Å². The Labute approximate surface area is 179 Å². The fourth-order valence-corrected chi connectivity index (χ4v) is 3.57. The van der Waals surface area contributed by atoms with Gasteiger partial charge in [-0.15, -0.1) is 0 Å². The van der Waals surface area contributed by atoms with Crippen molar-refractivity contribution >= 4 is 40.2 Å². The molecule has 30 heavy (non-hydrogen) atoms. The number of amides is 2. The van der Waals surface area contributed by atoms with E-state index < -0.39 is 0 Å². The van der Waals surface area contributed by atoms with Gasteiger partial charge in [0.05, 0.1) is 25.3 Å². The largest absolute Gasteiger partial charge is 0.497 e. The van der Waals surface area contributed by atoms with Crippen molar-refractivity contribution < 1.29 is 14.3 Å². The van der Waals surface area contributed by atoms with Crippen LogP contribution >= 0.6 is 11.6 Å². The predicted octanol–water partition coefficient (Wildman–Crippen LogP) is 3.65. The van der Waals surface area contributed by atoms with E-state index in [1.54, 1.807) is 30.2 Å². The van der Waals surface area contributed by atoms with Gasteiger partial charge in [0.15, 0.2) is 5.82 Å². The van der Waals surface area contributed by atoms with Gasteiger partial charge >= 0.3 is 6.03 Å². The lowest BCUT2D eigenvalue weighted by Gasteiger charge is -2.36. The average Bonchev–Trinajstić information content (AvgIpc) is 2.78. The summed E-state index contributed by atoms with van der Waals surface area (Å²) in [4.78, 5) is 25.7. The number of nitrogens with one attached hydrogen (secondary N) is 1. The van der Waals surface area contributed by atoms with Crippen molar-refractivity contribution in [3.05, 3.63) is 47.5 Å². The van der Waals surface area contributed by atoms with Crippen molar-refractivity contribution in [3.63, 3.8) is 0 Å². The number of hydrogen-bond acceptors (Lipinski definition) is 6. The Kier molecular flexibility index (Phi) is 5.76. The SMILES string of the molecule is COc1ccc2nc(NC(=O)N3CCN(c4cccc(Cl)c4)CC3)c(OC)nc2c1. The number of ether oxygens (including phenoxy) is 2. The first-order valence-electron chi connectivity index (χ1n) is 9.53. The van der Waals surface area contributed by atoms with Gasteiger partial charge in [0.25, 0.3) is 5.88 Å². The number of hydrogen-bond donors (Lipinski definition) is 1. The summed E-state index contributed by atoms with van der Waals surface area (Å²) < 4.78 is 10.6. The maximum atomic E-state index is 12.8. The first-order chi connectivity index (χ1) is 14.6. The third-order valence-corrected chi connectivity index (χ3v) is 5.23. The summed E-state index contributed by atoms with van der Waals surface area (Å²) in [5.74, 6) is 1.22. The van der Waals surface area contributed by atoms with Crippen molar-refractivity contribution in [1.82, 2.24) is 14.9 Å². The summed E-state index contributed by atoms with van der Waals surface area (Å²) in [7, 11) is 3.09. The zero-order chi connectivity index (χ0) is 21.1. The summed E-state index contributed by atoms with van der Waals surface area (Å²) in [5, 5.41) is 3.53. The van der Waals surface area contributed by atoms with E-state index in [1.807, 2.05) is 24.3 Å². The molecule has 4 rings (SSSR count). The minimum absolute atomic E-state index is 0.235. The molecule has 1 aliphatic heterocycles. The van der Waals surface area contributed by atoms with E-state index in [2.05, 4.69) is 20.2 Å². The van der Waals surface area contributed by atoms with Crippen LogP contribution in [0.25, 0.3) is 11.0 Å². The second kappa shape index (κ2) is 8.62. The predicted molar refractivity (Wildman–Crippen MR) is 117 cm³/mol. The Morgan fingerprint density at radius 3 is 2.50 bits per heavy atom. The second-order valence-corrected chi connectivity index (χ2v) is 7.26. The monoisotopic (exact) mass is 427 g/mol. The molecule has 1 aliphatic rings. The zero-order valence-electron chi connectivity index (χ0n) is 16.8. The minimum Gasteiger partial charge on any atom is -0.497 e. The van der Waals surface area contributed by atoms with E-state index >= 15 is 0 Å². The van der Waals surface area contributed by atoms with Gasteiger partial charge in [-0.25, -0.2) is 14.8 Å². The molecule has 0 aliphatic carbocycles. The minimum atomic E-state index is -0.235. The topological polar surface area (TPSA) is 79.8 Å². The molecule has 0 saturated carbocycles. The Morgan fingerprint density at radius 2 is 1.80 bits per heavy atom. The highest BCUT2D eigenvalue weighted by atomic mass is 35.5. The molecule has 2 amide bonds. The number of piperazine rings is 1. The van der Waals surface area contributed by atoms with Gasteiger partial charge in [-0.3, -0.25) is 5.32 Å². The van der Waals surface area contributed by atoms with Gasteiger partial charge in [0, 0.05) is 43.0 Å². The van der Waals surface area contributed by atoms with Crippen LogP contribution < -0.4 is 19.7 Å². The van der Waals surface area contributed by atoms with E-state index in [1.165, 1.54) is 7.11 Å². The van der Waals surface area contributed by atoms with Gasteiger partial charge in [-0.2, -0.15) is 0 Å². The Balaban J connectivity index is 1.45. The van der Waals surface area contributed by atoms with Crippen LogP contribution in [0.2, 0.25) is 5.02 Å². The number of urea groups is 1. The van der Waals surface area contributed by atoms with Crippen molar-refractivity contribution in [2.45, 2.75) is 0 Å². The molecule has 0 bridgehead atoms. The summed E-state index contributed by atoms with van der Waals surface area (Å²) in [6.45, 7) is 2.60. The second-order valence-electron chi connectivity index (χ2n) is 6.82. The lowest BCUT2D eigenvalue weighted by molar-refractivity contribution is 0.208. The molecule has 1 saturated heterocycles. The third-order valence-electron chi connectivity index (χ3n) is 5.00. The van der Waals surface area contributed by atoms with E-state index in [0.29, 0.717) is 48.0 Å². The van der Waals surface area contributed by atoms with E-state index in [0.717, 1.165) is 5.69 Å². The molecule has 0 atom stereocenters. The van der Waals surface area contributed by atoms with Crippen molar-refractivity contribution in [2.24, 2.45) is 0 Å². The van der Waals surface area contributed by atoms with Gasteiger partial charge in [0.1, 0.15) is 5.75 Å². The summed E-state index contributed by atoms with van der Waals surface area (Å²) in [6.07, 6.45) is 0. The highest BCUT2D eigenvalue weighted by Crippen LogP contribution is 2.26. The molecule has 3 aromatic rings. The van der Waals surface area contributed by atoms with Gasteiger partial charge in [-0.1, -0.05) is 17.7 Å². The number of aromatic nitrogens is 2. The van der Waals surface area contributed by atoms with Crippen LogP contribution in [0.5, 0.6) is 11.6 Å². The van der Waals surface area contributed by atoms with Crippen molar-refractivity contribution in [2.75, 3.05) is 50.6 Å². The number of halogens is 1. The maximum absolute atomic E-state index is 12.8. The van der Waals surface area contributed by atoms with Gasteiger partial charge in [0.2, 0.25) is 0 Å². The van der Waals surface area contributed by atoms with Gasteiger partial charge < -0.3 is 19.3 Å². The molecule has 156 valence electrons. The van der Waals surface area contributed by atoms with E-state index in [9.17, 15) is 4.79 Å². The molecular weight excluding hydrogens is 406 g/mol. The fraction of sp³-hybridized carbons (Fsp3) is 0.286. The van der Waals surface area contributed by atoms with Crippen LogP contribution in [-0.2, 0) is 0 Å². The molecule has 0 spiro atoms. The Morgan fingerprint density at radius 1 is 1.00 bits per heavy atom. The normalized spacial score (nSPS) is 14.0. The van der Waals surface area contributed by atoms with Crippen LogP contribution in [0, 0.1) is 0 Å². The maximum Gasteiger partial charge on any atom is 0.323 e. The molecule has 1 N–H and O–H groups in total. The number of benzene rings is 2. The molecule has 1 fully saturated rings. The van der Waals surface area contributed by atoms with Crippen LogP contribution in [-0.4, -0.2) is 61.3 Å². The Hall–Kier alpha value is -3.26. The number of fused-ring (bicyclic) bond motifs is 1. The first kappa shape index (κ1) is 20.0. The van der Waals surface area contributed by atoms with E-state index in [4.69, 9.17) is 21.1 Å². The highest BCUT2D eigenvalue weighted by Gasteiger charge is 2.23. The quantitative estimate of drug-likeness (QED) is 0.684. The number of rotatable bonds is 4. The molecule has 9 heteroatoms. The number of nitrogens with zero attached hydrogens (tertiary/aromatic N) is 4. The lowest BCUT2D eigenvalue weighted by Crippen LogP contribution is -2.50. The molecule has 2 aromatic carbocycles. The number of carbonyl (C=O) groups is 1. The lowest BCUT2D eigenvalue weighted by atomic mass is 10.2. The van der Waals surface area contributed by atoms with Crippen molar-refractivity contribution in [3.8, 4) is 11.6 Å². The molecule has 2 heterocycles. The van der Waals surface area contributed by atoms with Crippen LogP contribution in [0.1, 0.15) is 0 Å². The van der Waals surface area contributed by atoms with E-state index in [-0.39, 0.29) is 17.7 Å². The summed E-state index contributed by atoms with van der Waals surface area (Å²) in [5.41, 5.74) is 2.32. The van der Waals surface area contributed by atoms with Gasteiger partial charge in [-0.05, 0) is 30.3 Å². The standard InChI is InChI=1S/C21H22ClN5O3/c1-29-16-6-7-17-18(13-16)24-20(30-2)19(23-17)25-21(28)27-10-8-26(9-11-27)15-5-3-4-14(22)12-15/h3-7,12-13H,8-11H2,1-2H3,(H,23,25,28). The molecule has 0 unspecified atom stereocenters. The first-order valence-corrected chi connectivity index (χ1v) is 9.91. The molecule has 1 aromatic heterocycles. The third kappa shape index (κ3) is 4.18. The molecule has 0 radical (unpaired) electrons. The Bertz CT molecular complexity index is 1070. The number of methoxy groups -OCH3 is 2. The fourth-order valence-electron chi connectivity index (χ4n) is 3.39. The van der Waals surface area contributed by atoms with Crippen molar-refractivity contribution in [1.29, 1.82) is 0 Å². The summed E-state index contributed by atoms with van der Waals surface area (Å²) >= 11 is 6.09. The number of anilines is 2. The number of carbonyl (C=O) groups excluding carboxylic acids is 1. The average molecular weight is 428 g/mol. The molecular formula is C21H22ClN5O3. The van der Waals surface area contributed by atoms with Crippen LogP contribution in [0.3, 0.4) is 0 Å². The zero-order valence-corrected chi connectivity index (χ0v) is 17.5. The summed E-state index contributed by atoms with van der Waals surface area (Å²) in [6, 6.07) is 12.9. The highest BCUT2D eigenvalue weighted by molar-refractivity contribution is 6.30. The van der Waals surface area contributed by atoms with Crippen LogP contribution in [0.15, 0.2) is 42.5 Å². The molecule has 8 nitrogen and oxygen atoms in total. The smallest absolute Gasteiger partial charge is 0.323 e.